The number of benzene rings is 1. The summed E-state index contributed by atoms with van der Waals surface area (Å²) in [7, 11) is 0. The molecule has 0 amide bonds. The molecule has 1 N–H and O–H groups in total. The molecule has 1 rings (SSSR count). The van der Waals surface area contributed by atoms with Gasteiger partial charge in [-0.05, 0) is 32.4 Å². The van der Waals surface area contributed by atoms with Crippen LogP contribution in [0.2, 0.25) is 5.02 Å². The number of halogens is 1. The molecule has 0 heterocycles. The molecule has 4 nitrogen and oxygen atoms in total. The predicted octanol–water partition coefficient (Wildman–Crippen LogP) is 3.42. The predicted molar refractivity (Wildman–Crippen MR) is 84.7 cm³/mol. The van der Waals surface area contributed by atoms with Crippen molar-refractivity contribution < 1.29 is 14.3 Å². The molecule has 0 aliphatic carbocycles. The smallest absolute Gasteiger partial charge is 0.344 e. The van der Waals surface area contributed by atoms with E-state index in [4.69, 9.17) is 21.1 Å². The van der Waals surface area contributed by atoms with Crippen molar-refractivity contribution in [3.05, 3.63) is 28.8 Å². The van der Waals surface area contributed by atoms with Crippen molar-refractivity contribution in [2.75, 3.05) is 13.2 Å². The van der Waals surface area contributed by atoms with Gasteiger partial charge >= 0.3 is 5.97 Å². The van der Waals surface area contributed by atoms with E-state index < -0.39 is 5.97 Å². The molecule has 0 unspecified atom stereocenters. The van der Waals surface area contributed by atoms with Crippen LogP contribution in [0.5, 0.6) is 5.75 Å². The number of para-hydroxylation sites is 1. The first-order chi connectivity index (χ1) is 9.90. The summed E-state index contributed by atoms with van der Waals surface area (Å²) in [6.07, 6.45) is -0.153. The average molecular weight is 314 g/mol. The summed E-state index contributed by atoms with van der Waals surface area (Å²) < 4.78 is 10.6. The Morgan fingerprint density at radius 2 is 2.00 bits per heavy atom. The van der Waals surface area contributed by atoms with E-state index in [0.29, 0.717) is 23.2 Å². The average Bonchev–Trinajstić information content (AvgIpc) is 2.36. The molecule has 0 atom stereocenters. The molecule has 0 saturated heterocycles. The highest BCUT2D eigenvalue weighted by Gasteiger charge is 2.12. The number of carbonyl (C=O) groups excluding carboxylic acids is 1. The van der Waals surface area contributed by atoms with Crippen molar-refractivity contribution in [1.82, 2.24) is 5.32 Å². The Balaban J connectivity index is 2.64. The third-order valence-electron chi connectivity index (χ3n) is 2.62. The van der Waals surface area contributed by atoms with Crippen molar-refractivity contribution in [3.63, 3.8) is 0 Å². The minimum atomic E-state index is -0.397. The summed E-state index contributed by atoms with van der Waals surface area (Å²) in [5, 5.41) is 3.83. The molecule has 0 aliphatic rings. The van der Waals surface area contributed by atoms with Crippen molar-refractivity contribution in [2.45, 2.75) is 40.3 Å². The molecule has 0 radical (unpaired) electrons. The van der Waals surface area contributed by atoms with Crippen molar-refractivity contribution >= 4 is 17.6 Å². The summed E-state index contributed by atoms with van der Waals surface area (Å²) >= 11 is 6.16. The van der Waals surface area contributed by atoms with Gasteiger partial charge in [0.15, 0.2) is 6.61 Å². The summed E-state index contributed by atoms with van der Waals surface area (Å²) in [6.45, 7) is 9.30. The lowest BCUT2D eigenvalue weighted by molar-refractivity contribution is -0.149. The van der Waals surface area contributed by atoms with Gasteiger partial charge in [0.05, 0.1) is 11.1 Å². The van der Waals surface area contributed by atoms with Crippen LogP contribution in [-0.2, 0) is 16.1 Å². The van der Waals surface area contributed by atoms with E-state index in [2.05, 4.69) is 19.2 Å². The second-order valence-corrected chi connectivity index (χ2v) is 5.99. The number of esters is 1. The van der Waals surface area contributed by atoms with E-state index in [1.54, 1.807) is 19.9 Å². The maximum absolute atomic E-state index is 11.5. The minimum absolute atomic E-state index is 0.140. The van der Waals surface area contributed by atoms with E-state index in [1.807, 2.05) is 12.1 Å². The monoisotopic (exact) mass is 313 g/mol. The van der Waals surface area contributed by atoms with Crippen molar-refractivity contribution in [2.24, 2.45) is 5.92 Å². The quantitative estimate of drug-likeness (QED) is 0.747. The van der Waals surface area contributed by atoms with E-state index in [1.165, 1.54) is 0 Å². The molecule has 1 aromatic carbocycles. The molecule has 0 spiro atoms. The number of hydrogen-bond acceptors (Lipinski definition) is 4. The van der Waals surface area contributed by atoms with Gasteiger partial charge in [0.1, 0.15) is 5.75 Å². The van der Waals surface area contributed by atoms with Crippen LogP contribution in [0.25, 0.3) is 0 Å². The maximum atomic E-state index is 11.5. The molecule has 21 heavy (non-hydrogen) atoms. The summed E-state index contributed by atoms with van der Waals surface area (Å²) in [5.41, 5.74) is 0.931. The zero-order chi connectivity index (χ0) is 15.8. The van der Waals surface area contributed by atoms with E-state index >= 15 is 0 Å². The number of nitrogens with one attached hydrogen (secondary N) is 1. The SMILES string of the molecule is CC(C)CNCc1cccc(Cl)c1OCC(=O)OC(C)C. The lowest BCUT2D eigenvalue weighted by Gasteiger charge is -2.15. The molecule has 5 heteroatoms. The molecule has 118 valence electrons. The number of hydrogen-bond donors (Lipinski definition) is 1. The molecular formula is C16H24ClNO3. The minimum Gasteiger partial charge on any atom is -0.480 e. The van der Waals surface area contributed by atoms with Gasteiger partial charge in [-0.3, -0.25) is 0 Å². The Morgan fingerprint density at radius 1 is 1.29 bits per heavy atom. The number of rotatable bonds is 8. The first-order valence-corrected chi connectivity index (χ1v) is 7.58. The molecule has 0 saturated carbocycles. The highest BCUT2D eigenvalue weighted by Crippen LogP contribution is 2.28. The second-order valence-electron chi connectivity index (χ2n) is 5.58. The van der Waals surface area contributed by atoms with Crippen LogP contribution < -0.4 is 10.1 Å². The van der Waals surface area contributed by atoms with Gasteiger partial charge in [-0.25, -0.2) is 4.79 Å². The number of carbonyl (C=O) groups is 1. The first-order valence-electron chi connectivity index (χ1n) is 7.20. The fourth-order valence-corrected chi connectivity index (χ4v) is 2.03. The van der Waals surface area contributed by atoms with Gasteiger partial charge in [0, 0.05) is 12.1 Å². The van der Waals surface area contributed by atoms with Gasteiger partial charge in [0.25, 0.3) is 0 Å². The van der Waals surface area contributed by atoms with Gasteiger partial charge in [-0.1, -0.05) is 37.6 Å². The zero-order valence-electron chi connectivity index (χ0n) is 13.1. The van der Waals surface area contributed by atoms with E-state index in [0.717, 1.165) is 12.1 Å². The summed E-state index contributed by atoms with van der Waals surface area (Å²) in [4.78, 5) is 11.5. The Labute approximate surface area is 131 Å². The molecular weight excluding hydrogens is 290 g/mol. The van der Waals surface area contributed by atoms with Crippen LogP contribution >= 0.6 is 11.6 Å². The molecule has 0 bridgehead atoms. The van der Waals surface area contributed by atoms with Crippen LogP contribution in [0, 0.1) is 5.92 Å². The van der Waals surface area contributed by atoms with Gasteiger partial charge < -0.3 is 14.8 Å². The molecule has 0 aliphatic heterocycles. The first kappa shape index (κ1) is 17.8. The van der Waals surface area contributed by atoms with Crippen molar-refractivity contribution in [3.8, 4) is 5.75 Å². The van der Waals surface area contributed by atoms with Crippen LogP contribution in [0.15, 0.2) is 18.2 Å². The van der Waals surface area contributed by atoms with Gasteiger partial charge in [-0.2, -0.15) is 0 Å². The highest BCUT2D eigenvalue weighted by atomic mass is 35.5. The van der Waals surface area contributed by atoms with Crippen LogP contribution in [0.4, 0.5) is 0 Å². The largest absolute Gasteiger partial charge is 0.480 e. The molecule has 0 aromatic heterocycles. The standard InChI is InChI=1S/C16H24ClNO3/c1-11(2)8-18-9-13-6-5-7-14(17)16(13)20-10-15(19)21-12(3)4/h5-7,11-12,18H,8-10H2,1-4H3. The summed E-state index contributed by atoms with van der Waals surface area (Å²) in [6, 6.07) is 5.55. The zero-order valence-corrected chi connectivity index (χ0v) is 13.9. The van der Waals surface area contributed by atoms with Crippen LogP contribution in [-0.4, -0.2) is 25.2 Å². The van der Waals surface area contributed by atoms with E-state index in [-0.39, 0.29) is 12.7 Å². The topological polar surface area (TPSA) is 47.6 Å². The number of ether oxygens (including phenoxy) is 2. The van der Waals surface area contributed by atoms with Crippen LogP contribution in [0.3, 0.4) is 0 Å². The summed E-state index contributed by atoms with van der Waals surface area (Å²) in [5.74, 6) is 0.705. The Kier molecular flexibility index (Phi) is 7.54. The van der Waals surface area contributed by atoms with Crippen molar-refractivity contribution in [1.29, 1.82) is 0 Å². The van der Waals surface area contributed by atoms with E-state index in [9.17, 15) is 4.79 Å². The molecule has 0 fully saturated rings. The highest BCUT2D eigenvalue weighted by molar-refractivity contribution is 6.32. The normalized spacial score (nSPS) is 11.0. The molecule has 1 aromatic rings. The Hall–Kier alpha value is -1.26. The fraction of sp³-hybridized carbons (Fsp3) is 0.562. The second kappa shape index (κ2) is 8.90. The van der Waals surface area contributed by atoms with Gasteiger partial charge in [-0.15, -0.1) is 0 Å². The lowest BCUT2D eigenvalue weighted by atomic mass is 10.2. The fourth-order valence-electron chi connectivity index (χ4n) is 1.78. The van der Waals surface area contributed by atoms with Gasteiger partial charge in [0.2, 0.25) is 0 Å². The third kappa shape index (κ3) is 6.82. The maximum Gasteiger partial charge on any atom is 0.344 e. The lowest BCUT2D eigenvalue weighted by Crippen LogP contribution is -2.21. The Morgan fingerprint density at radius 3 is 2.62 bits per heavy atom. The Bertz CT molecular complexity index is 461. The third-order valence-corrected chi connectivity index (χ3v) is 2.92. The van der Waals surface area contributed by atoms with Crippen LogP contribution in [0.1, 0.15) is 33.3 Å².